The standard InChI is InChI=1S/C12H11BrN2O4S2/c1-7-9(4-3-5-10(7)15(16)17)14-21(18,19)11-6-12(13)20-8(11)2/h3-6,14H,1-2H3. The first-order valence-electron chi connectivity index (χ1n) is 5.75. The Kier molecular flexibility index (Phi) is 4.35. The lowest BCUT2D eigenvalue weighted by molar-refractivity contribution is -0.385. The van der Waals surface area contributed by atoms with Gasteiger partial charge in [0.25, 0.3) is 15.7 Å². The van der Waals surface area contributed by atoms with Crippen molar-refractivity contribution >= 4 is 48.7 Å². The Hall–Kier alpha value is -1.45. The molecule has 9 heteroatoms. The molecule has 2 aromatic rings. The number of benzene rings is 1. The number of nitro benzene ring substituents is 1. The summed E-state index contributed by atoms with van der Waals surface area (Å²) in [5.41, 5.74) is 0.349. The number of hydrogen-bond donors (Lipinski definition) is 1. The lowest BCUT2D eigenvalue weighted by Crippen LogP contribution is -2.14. The van der Waals surface area contributed by atoms with E-state index in [4.69, 9.17) is 0 Å². The average molecular weight is 391 g/mol. The summed E-state index contributed by atoms with van der Waals surface area (Å²) in [7, 11) is -3.78. The molecule has 1 N–H and O–H groups in total. The molecule has 0 radical (unpaired) electrons. The largest absolute Gasteiger partial charge is 0.279 e. The first-order chi connectivity index (χ1) is 9.72. The monoisotopic (exact) mass is 390 g/mol. The quantitative estimate of drug-likeness (QED) is 0.634. The van der Waals surface area contributed by atoms with Crippen LogP contribution >= 0.6 is 27.3 Å². The summed E-state index contributed by atoms with van der Waals surface area (Å²) >= 11 is 4.55. The fourth-order valence-corrected chi connectivity index (χ4v) is 5.37. The molecule has 0 aliphatic heterocycles. The Labute approximate surface area is 134 Å². The third-order valence-electron chi connectivity index (χ3n) is 2.88. The summed E-state index contributed by atoms with van der Waals surface area (Å²) in [5, 5.41) is 10.9. The minimum Gasteiger partial charge on any atom is -0.279 e. The van der Waals surface area contributed by atoms with Crippen LogP contribution in [0.2, 0.25) is 0 Å². The summed E-state index contributed by atoms with van der Waals surface area (Å²) in [6, 6.07) is 5.78. The highest BCUT2D eigenvalue weighted by molar-refractivity contribution is 9.11. The zero-order chi connectivity index (χ0) is 15.8. The Balaban J connectivity index is 2.45. The van der Waals surface area contributed by atoms with E-state index in [0.717, 1.165) is 0 Å². The molecule has 1 heterocycles. The Morgan fingerprint density at radius 3 is 2.52 bits per heavy atom. The molecule has 6 nitrogen and oxygen atoms in total. The van der Waals surface area contributed by atoms with E-state index in [0.29, 0.717) is 8.66 Å². The third kappa shape index (κ3) is 3.25. The van der Waals surface area contributed by atoms with Gasteiger partial charge in [0, 0.05) is 10.9 Å². The van der Waals surface area contributed by atoms with Gasteiger partial charge in [-0.1, -0.05) is 6.07 Å². The molecule has 0 saturated heterocycles. The predicted octanol–water partition coefficient (Wildman–Crippen LogP) is 3.84. The molecule has 0 aliphatic carbocycles. The highest BCUT2D eigenvalue weighted by Gasteiger charge is 2.22. The first kappa shape index (κ1) is 15.9. The van der Waals surface area contributed by atoms with Crippen LogP contribution in [0.5, 0.6) is 0 Å². The zero-order valence-electron chi connectivity index (χ0n) is 11.1. The maximum atomic E-state index is 12.4. The smallest absolute Gasteiger partial charge is 0.274 e. The average Bonchev–Trinajstić information content (AvgIpc) is 2.71. The van der Waals surface area contributed by atoms with E-state index in [2.05, 4.69) is 20.7 Å². The second kappa shape index (κ2) is 5.74. The highest BCUT2D eigenvalue weighted by Crippen LogP contribution is 2.32. The van der Waals surface area contributed by atoms with Crippen LogP contribution in [0.4, 0.5) is 11.4 Å². The van der Waals surface area contributed by atoms with Crippen molar-refractivity contribution in [3.8, 4) is 0 Å². The number of hydrogen-bond acceptors (Lipinski definition) is 5. The van der Waals surface area contributed by atoms with Gasteiger partial charge in [-0.15, -0.1) is 11.3 Å². The second-order valence-corrected chi connectivity index (χ2v) is 8.57. The molecule has 0 aliphatic rings. The van der Waals surface area contributed by atoms with Gasteiger partial charge in [-0.05, 0) is 41.9 Å². The van der Waals surface area contributed by atoms with Gasteiger partial charge in [0.2, 0.25) is 0 Å². The molecule has 2 rings (SSSR count). The van der Waals surface area contributed by atoms with Crippen LogP contribution in [0.1, 0.15) is 10.4 Å². The lowest BCUT2D eigenvalue weighted by atomic mass is 10.2. The van der Waals surface area contributed by atoms with Crippen molar-refractivity contribution in [1.29, 1.82) is 0 Å². The first-order valence-corrected chi connectivity index (χ1v) is 8.84. The summed E-state index contributed by atoms with van der Waals surface area (Å²) < 4.78 is 27.9. The number of halogens is 1. The van der Waals surface area contributed by atoms with Crippen LogP contribution in [0.25, 0.3) is 0 Å². The molecule has 1 aromatic heterocycles. The van der Waals surface area contributed by atoms with Crippen LogP contribution in [0.15, 0.2) is 32.9 Å². The molecule has 0 fully saturated rings. The summed E-state index contributed by atoms with van der Waals surface area (Å²) in [6.45, 7) is 3.21. The zero-order valence-corrected chi connectivity index (χ0v) is 14.3. The number of nitrogens with one attached hydrogen (secondary N) is 1. The maximum absolute atomic E-state index is 12.4. The molecule has 0 atom stereocenters. The predicted molar refractivity (Wildman–Crippen MR) is 85.4 cm³/mol. The number of sulfonamides is 1. The minimum atomic E-state index is -3.78. The molecule has 0 bridgehead atoms. The topological polar surface area (TPSA) is 89.3 Å². The molecule has 0 unspecified atom stereocenters. The third-order valence-corrected chi connectivity index (χ3v) is 6.05. The van der Waals surface area contributed by atoms with Crippen molar-refractivity contribution in [1.82, 2.24) is 0 Å². The number of nitrogens with zero attached hydrogens (tertiary/aromatic N) is 1. The fourth-order valence-electron chi connectivity index (χ4n) is 1.83. The minimum absolute atomic E-state index is 0.126. The molecule has 0 saturated carbocycles. The van der Waals surface area contributed by atoms with E-state index < -0.39 is 14.9 Å². The van der Waals surface area contributed by atoms with Gasteiger partial charge in [-0.2, -0.15) is 0 Å². The van der Waals surface area contributed by atoms with Crippen LogP contribution in [-0.4, -0.2) is 13.3 Å². The molecule has 0 spiro atoms. The van der Waals surface area contributed by atoms with Crippen LogP contribution in [0.3, 0.4) is 0 Å². The van der Waals surface area contributed by atoms with Gasteiger partial charge >= 0.3 is 0 Å². The number of anilines is 1. The SMILES string of the molecule is Cc1sc(Br)cc1S(=O)(=O)Nc1cccc([N+](=O)[O-])c1C. The number of nitro groups is 1. The van der Waals surface area contributed by atoms with Crippen LogP contribution in [-0.2, 0) is 10.0 Å². The van der Waals surface area contributed by atoms with E-state index in [1.807, 2.05) is 0 Å². The number of aryl methyl sites for hydroxylation is 1. The van der Waals surface area contributed by atoms with Crippen molar-refractivity contribution in [2.75, 3.05) is 4.72 Å². The van der Waals surface area contributed by atoms with Gasteiger partial charge in [-0.3, -0.25) is 14.8 Å². The highest BCUT2D eigenvalue weighted by atomic mass is 79.9. The van der Waals surface area contributed by atoms with Crippen LogP contribution in [0, 0.1) is 24.0 Å². The van der Waals surface area contributed by atoms with Gasteiger partial charge in [-0.25, -0.2) is 8.42 Å². The Morgan fingerprint density at radius 2 is 2.00 bits per heavy atom. The van der Waals surface area contributed by atoms with E-state index in [1.165, 1.54) is 42.5 Å². The summed E-state index contributed by atoms with van der Waals surface area (Å²) in [6.07, 6.45) is 0. The van der Waals surface area contributed by atoms with Crippen molar-refractivity contribution in [2.24, 2.45) is 0 Å². The van der Waals surface area contributed by atoms with Gasteiger partial charge in [0.05, 0.1) is 20.0 Å². The van der Waals surface area contributed by atoms with Crippen molar-refractivity contribution in [3.05, 3.63) is 48.6 Å². The van der Waals surface area contributed by atoms with E-state index in [9.17, 15) is 18.5 Å². The molecular weight excluding hydrogens is 380 g/mol. The molecule has 112 valence electrons. The van der Waals surface area contributed by atoms with Crippen molar-refractivity contribution < 1.29 is 13.3 Å². The van der Waals surface area contributed by atoms with Crippen LogP contribution < -0.4 is 4.72 Å². The van der Waals surface area contributed by atoms with Crippen molar-refractivity contribution in [3.63, 3.8) is 0 Å². The lowest BCUT2D eigenvalue weighted by Gasteiger charge is -2.10. The van der Waals surface area contributed by atoms with E-state index >= 15 is 0 Å². The van der Waals surface area contributed by atoms with Gasteiger partial charge < -0.3 is 0 Å². The second-order valence-electron chi connectivity index (χ2n) is 4.28. The van der Waals surface area contributed by atoms with E-state index in [-0.39, 0.29) is 21.8 Å². The molecule has 1 aromatic carbocycles. The number of rotatable bonds is 4. The Morgan fingerprint density at radius 1 is 1.33 bits per heavy atom. The molecular formula is C12H11BrN2O4S2. The Bertz CT molecular complexity index is 815. The van der Waals surface area contributed by atoms with Crippen molar-refractivity contribution in [2.45, 2.75) is 18.7 Å². The molecule has 21 heavy (non-hydrogen) atoms. The summed E-state index contributed by atoms with van der Waals surface area (Å²) in [5.74, 6) is 0. The fraction of sp³-hybridized carbons (Fsp3) is 0.167. The van der Waals surface area contributed by atoms with E-state index in [1.54, 1.807) is 6.92 Å². The van der Waals surface area contributed by atoms with Gasteiger partial charge in [0.15, 0.2) is 0 Å². The normalized spacial score (nSPS) is 11.4. The maximum Gasteiger partial charge on any atom is 0.274 e. The number of thiophene rings is 1. The molecule has 0 amide bonds. The van der Waals surface area contributed by atoms with Gasteiger partial charge in [0.1, 0.15) is 4.90 Å². The summed E-state index contributed by atoms with van der Waals surface area (Å²) in [4.78, 5) is 11.1.